The number of hydrogen-bond donors (Lipinski definition) is 2. The summed E-state index contributed by atoms with van der Waals surface area (Å²) < 4.78 is 0. The molecule has 76 valence electrons. The minimum Gasteiger partial charge on any atom is -0.387 e. The van der Waals surface area contributed by atoms with Gasteiger partial charge in [-0.3, -0.25) is 9.59 Å². The molecule has 2 rings (SSSR count). The number of nitrogens with two attached hydrogens (primary N) is 1. The fraction of sp³-hybridized carbons (Fsp3) is 0.600. The van der Waals surface area contributed by atoms with Gasteiger partial charge < -0.3 is 11.1 Å². The minimum absolute atomic E-state index is 0.0500. The summed E-state index contributed by atoms with van der Waals surface area (Å²) >= 11 is 0. The number of hydrogen-bond acceptors (Lipinski definition) is 3. The van der Waals surface area contributed by atoms with Gasteiger partial charge in [0.25, 0.3) is 0 Å². The maximum atomic E-state index is 11.8. The van der Waals surface area contributed by atoms with Crippen molar-refractivity contribution in [2.45, 2.75) is 25.7 Å². The molecular weight excluding hydrogens is 180 g/mol. The van der Waals surface area contributed by atoms with Gasteiger partial charge in [0.2, 0.25) is 5.91 Å². The maximum absolute atomic E-state index is 11.8. The number of allylic oxidation sites excluding steroid dienone is 2. The first-order valence-electron chi connectivity index (χ1n) is 4.99. The van der Waals surface area contributed by atoms with Crippen molar-refractivity contribution in [2.75, 3.05) is 6.54 Å². The third-order valence-corrected chi connectivity index (χ3v) is 2.94. The van der Waals surface area contributed by atoms with Crippen LogP contribution in [0.15, 0.2) is 11.3 Å². The van der Waals surface area contributed by atoms with E-state index in [1.54, 1.807) is 0 Å². The minimum atomic E-state index is -0.646. The van der Waals surface area contributed by atoms with Gasteiger partial charge in [-0.25, -0.2) is 0 Å². The molecule has 1 amide bonds. The molecule has 0 aromatic rings. The topological polar surface area (TPSA) is 72.2 Å². The van der Waals surface area contributed by atoms with E-state index in [2.05, 4.69) is 5.32 Å². The first-order chi connectivity index (χ1) is 6.70. The molecule has 1 aliphatic heterocycles. The van der Waals surface area contributed by atoms with Crippen LogP contribution in [0.25, 0.3) is 0 Å². The molecule has 0 saturated heterocycles. The second-order valence-corrected chi connectivity index (χ2v) is 3.86. The molecular formula is C10H14N2O2. The third-order valence-electron chi connectivity index (χ3n) is 2.94. The number of primary amides is 1. The van der Waals surface area contributed by atoms with Crippen LogP contribution in [0.3, 0.4) is 0 Å². The van der Waals surface area contributed by atoms with Gasteiger partial charge in [0, 0.05) is 17.8 Å². The Bertz CT molecular complexity index is 320. The smallest absolute Gasteiger partial charge is 0.230 e. The van der Waals surface area contributed by atoms with Crippen LogP contribution >= 0.6 is 0 Å². The highest BCUT2D eigenvalue weighted by Gasteiger charge is 2.33. The quantitative estimate of drug-likeness (QED) is 0.581. The van der Waals surface area contributed by atoms with Crippen molar-refractivity contribution >= 4 is 11.7 Å². The highest BCUT2D eigenvalue weighted by atomic mass is 16.2. The molecule has 1 atom stereocenters. The fourth-order valence-electron chi connectivity index (χ4n) is 2.13. The van der Waals surface area contributed by atoms with Crippen LogP contribution in [-0.4, -0.2) is 18.2 Å². The zero-order valence-corrected chi connectivity index (χ0v) is 8.01. The van der Waals surface area contributed by atoms with Crippen molar-refractivity contribution in [3.8, 4) is 0 Å². The summed E-state index contributed by atoms with van der Waals surface area (Å²) in [5.74, 6) is -1.21. The molecule has 1 unspecified atom stereocenters. The van der Waals surface area contributed by atoms with E-state index in [1.165, 1.54) is 0 Å². The first-order valence-corrected chi connectivity index (χ1v) is 4.99. The lowest BCUT2D eigenvalue weighted by Gasteiger charge is -2.28. The van der Waals surface area contributed by atoms with E-state index in [1.807, 2.05) is 0 Å². The van der Waals surface area contributed by atoms with E-state index in [9.17, 15) is 9.59 Å². The van der Waals surface area contributed by atoms with Crippen LogP contribution < -0.4 is 11.1 Å². The maximum Gasteiger partial charge on any atom is 0.230 e. The zero-order valence-electron chi connectivity index (χ0n) is 8.01. The molecule has 14 heavy (non-hydrogen) atoms. The Hall–Kier alpha value is -1.32. The Morgan fingerprint density at radius 1 is 1.36 bits per heavy atom. The molecule has 2 aliphatic rings. The Kier molecular flexibility index (Phi) is 2.27. The van der Waals surface area contributed by atoms with Gasteiger partial charge in [0.1, 0.15) is 5.92 Å². The monoisotopic (exact) mass is 194 g/mol. The van der Waals surface area contributed by atoms with Crippen LogP contribution in [-0.2, 0) is 9.59 Å². The molecule has 0 saturated carbocycles. The van der Waals surface area contributed by atoms with E-state index in [0.29, 0.717) is 6.54 Å². The molecule has 0 bridgehead atoms. The van der Waals surface area contributed by atoms with Gasteiger partial charge in [-0.05, 0) is 25.7 Å². The number of nitrogens with one attached hydrogen (secondary N) is 1. The van der Waals surface area contributed by atoms with Crippen LogP contribution in [0.2, 0.25) is 0 Å². The van der Waals surface area contributed by atoms with Gasteiger partial charge >= 0.3 is 0 Å². The number of ketones is 1. The van der Waals surface area contributed by atoms with Gasteiger partial charge in [0.05, 0.1) is 0 Å². The standard InChI is InChI=1S/C10H14N2O2/c11-10(14)7-5-12-8-4-2-1-3-6(8)9(7)13/h7,12H,1-5H2,(H2,11,14). The van der Waals surface area contributed by atoms with Crippen molar-refractivity contribution in [1.82, 2.24) is 5.32 Å². The average Bonchev–Trinajstić information content (AvgIpc) is 2.18. The van der Waals surface area contributed by atoms with Crippen LogP contribution in [0, 0.1) is 5.92 Å². The molecule has 0 radical (unpaired) electrons. The molecule has 0 spiro atoms. The third kappa shape index (κ3) is 1.41. The second-order valence-electron chi connectivity index (χ2n) is 3.86. The van der Waals surface area contributed by atoms with E-state index in [0.717, 1.165) is 37.0 Å². The number of carbonyl (C=O) groups is 2. The summed E-state index contributed by atoms with van der Waals surface area (Å²) in [5.41, 5.74) is 7.01. The van der Waals surface area contributed by atoms with Crippen molar-refractivity contribution in [1.29, 1.82) is 0 Å². The van der Waals surface area contributed by atoms with Gasteiger partial charge in [0.15, 0.2) is 5.78 Å². The highest BCUT2D eigenvalue weighted by molar-refractivity contribution is 6.10. The molecule has 4 heteroatoms. The van der Waals surface area contributed by atoms with E-state index in [4.69, 9.17) is 5.73 Å². The Labute approximate surface area is 82.5 Å². The summed E-state index contributed by atoms with van der Waals surface area (Å²) in [6.07, 6.45) is 3.90. The van der Waals surface area contributed by atoms with Crippen molar-refractivity contribution in [3.63, 3.8) is 0 Å². The SMILES string of the molecule is NC(=O)C1CNC2=C(CCCC2)C1=O. The van der Waals surface area contributed by atoms with Crippen molar-refractivity contribution in [3.05, 3.63) is 11.3 Å². The largest absolute Gasteiger partial charge is 0.387 e. The Morgan fingerprint density at radius 2 is 2.07 bits per heavy atom. The summed E-state index contributed by atoms with van der Waals surface area (Å²) in [6.45, 7) is 0.382. The summed E-state index contributed by atoms with van der Waals surface area (Å²) in [4.78, 5) is 22.8. The molecule has 0 fully saturated rings. The summed E-state index contributed by atoms with van der Waals surface area (Å²) in [5, 5.41) is 3.14. The second kappa shape index (κ2) is 3.44. The van der Waals surface area contributed by atoms with Crippen LogP contribution in [0.4, 0.5) is 0 Å². The number of amides is 1. The molecule has 1 aliphatic carbocycles. The number of Topliss-reactive ketones (excluding diaryl/α,β-unsaturated/α-hetero) is 1. The lowest BCUT2D eigenvalue weighted by Crippen LogP contribution is -2.44. The van der Waals surface area contributed by atoms with Gasteiger partial charge in [-0.2, -0.15) is 0 Å². The van der Waals surface area contributed by atoms with Crippen molar-refractivity contribution in [2.24, 2.45) is 11.7 Å². The summed E-state index contributed by atoms with van der Waals surface area (Å²) in [6, 6.07) is 0. The van der Waals surface area contributed by atoms with Crippen LogP contribution in [0.5, 0.6) is 0 Å². The van der Waals surface area contributed by atoms with E-state index in [-0.39, 0.29) is 5.78 Å². The number of rotatable bonds is 1. The molecule has 4 nitrogen and oxygen atoms in total. The van der Waals surface area contributed by atoms with Crippen LogP contribution in [0.1, 0.15) is 25.7 Å². The summed E-state index contributed by atoms with van der Waals surface area (Å²) in [7, 11) is 0. The first kappa shape index (κ1) is 9.24. The predicted molar refractivity (Wildman–Crippen MR) is 51.2 cm³/mol. The van der Waals surface area contributed by atoms with Crippen molar-refractivity contribution < 1.29 is 9.59 Å². The molecule has 0 aromatic carbocycles. The van der Waals surface area contributed by atoms with Gasteiger partial charge in [-0.1, -0.05) is 0 Å². The predicted octanol–water partition coefficient (Wildman–Crippen LogP) is 0.0883. The zero-order chi connectivity index (χ0) is 10.1. The normalized spacial score (nSPS) is 26.9. The highest BCUT2D eigenvalue weighted by Crippen LogP contribution is 2.28. The Balaban J connectivity index is 2.26. The van der Waals surface area contributed by atoms with E-state index >= 15 is 0 Å². The number of carbonyl (C=O) groups excluding carboxylic acids is 2. The molecule has 1 heterocycles. The lowest BCUT2D eigenvalue weighted by molar-refractivity contribution is -0.130. The molecule has 0 aromatic heterocycles. The fourth-order valence-corrected chi connectivity index (χ4v) is 2.13. The average molecular weight is 194 g/mol. The lowest BCUT2D eigenvalue weighted by atomic mass is 9.84. The van der Waals surface area contributed by atoms with E-state index < -0.39 is 11.8 Å². The van der Waals surface area contributed by atoms with Gasteiger partial charge in [-0.15, -0.1) is 0 Å². The Morgan fingerprint density at radius 3 is 2.79 bits per heavy atom. The molecule has 3 N–H and O–H groups in total.